The van der Waals surface area contributed by atoms with E-state index in [9.17, 15) is 10.1 Å². The van der Waals surface area contributed by atoms with Crippen molar-refractivity contribution in [3.05, 3.63) is 76.5 Å². The lowest BCUT2D eigenvalue weighted by molar-refractivity contribution is -0.380. The molecule has 0 atom stereocenters. The second kappa shape index (κ2) is 7.21. The molecule has 3 aromatic rings. The highest BCUT2D eigenvalue weighted by atomic mass is 32.2. The quantitative estimate of drug-likeness (QED) is 0.397. The Bertz CT molecular complexity index is 1010. The van der Waals surface area contributed by atoms with E-state index in [4.69, 9.17) is 4.74 Å². The molecule has 0 spiro atoms. The Morgan fingerprint density at radius 1 is 1.00 bits per heavy atom. The van der Waals surface area contributed by atoms with E-state index >= 15 is 0 Å². The van der Waals surface area contributed by atoms with Crippen LogP contribution >= 0.6 is 23.1 Å². The largest absolute Gasteiger partial charge is 0.457 e. The van der Waals surface area contributed by atoms with Gasteiger partial charge in [-0.2, -0.15) is 0 Å². The van der Waals surface area contributed by atoms with Crippen molar-refractivity contribution in [2.45, 2.75) is 9.33 Å². The van der Waals surface area contributed by atoms with Crippen LogP contribution in [0.25, 0.3) is 0 Å². The summed E-state index contributed by atoms with van der Waals surface area (Å²) in [6.07, 6.45) is 1.21. The molecule has 0 fully saturated rings. The normalized spacial score (nSPS) is 14.4. The molecule has 1 aliphatic rings. The molecule has 1 aliphatic heterocycles. The number of thioether (sulfide) groups is 1. The summed E-state index contributed by atoms with van der Waals surface area (Å²) in [4.78, 5) is 13.3. The highest BCUT2D eigenvalue weighted by Gasteiger charge is 2.38. The molecular formula is C16H10N6O3S2. The number of hydrogen-bond donors (Lipinski definition) is 0. The van der Waals surface area contributed by atoms with Gasteiger partial charge in [0.15, 0.2) is 4.34 Å². The van der Waals surface area contributed by atoms with Gasteiger partial charge in [0, 0.05) is 5.56 Å². The summed E-state index contributed by atoms with van der Waals surface area (Å²) in [5.41, 5.74) is 0.704. The van der Waals surface area contributed by atoms with Crippen molar-refractivity contribution in [1.82, 2.24) is 4.98 Å². The van der Waals surface area contributed by atoms with Crippen molar-refractivity contribution < 1.29 is 9.66 Å². The van der Waals surface area contributed by atoms with Crippen LogP contribution in [0.15, 0.2) is 85.8 Å². The first-order chi connectivity index (χ1) is 13.1. The zero-order valence-electron chi connectivity index (χ0n) is 13.5. The van der Waals surface area contributed by atoms with Gasteiger partial charge >= 0.3 is 5.00 Å². The van der Waals surface area contributed by atoms with Crippen molar-refractivity contribution in [2.75, 3.05) is 0 Å². The first-order valence-corrected chi connectivity index (χ1v) is 9.25. The maximum Gasteiger partial charge on any atom is 0.344 e. The molecule has 0 saturated heterocycles. The third kappa shape index (κ3) is 3.68. The Balaban J connectivity index is 1.57. The number of thiazole rings is 1. The zero-order chi connectivity index (χ0) is 18.7. The van der Waals surface area contributed by atoms with Crippen molar-refractivity contribution in [1.29, 1.82) is 0 Å². The molecule has 0 bridgehead atoms. The van der Waals surface area contributed by atoms with E-state index in [0.29, 0.717) is 15.7 Å². The SMILES string of the molecule is O=[N+]([O-])c1cnc(SC2(c3ccc(Oc4ccccc4)cc3)N=NN=N2)s1. The van der Waals surface area contributed by atoms with E-state index < -0.39 is 9.92 Å². The summed E-state index contributed by atoms with van der Waals surface area (Å²) in [5.74, 6) is 1.38. The summed E-state index contributed by atoms with van der Waals surface area (Å²) in [6.45, 7) is 0. The van der Waals surface area contributed by atoms with Gasteiger partial charge in [-0.3, -0.25) is 10.1 Å². The average Bonchev–Trinajstić information content (AvgIpc) is 3.34. The smallest absolute Gasteiger partial charge is 0.344 e. The second-order valence-electron chi connectivity index (χ2n) is 5.25. The highest BCUT2D eigenvalue weighted by molar-refractivity contribution is 8.01. The van der Waals surface area contributed by atoms with Gasteiger partial charge in [-0.15, -0.1) is 10.2 Å². The zero-order valence-corrected chi connectivity index (χ0v) is 15.1. The van der Waals surface area contributed by atoms with E-state index in [1.807, 2.05) is 30.3 Å². The molecular weight excluding hydrogens is 388 g/mol. The lowest BCUT2D eigenvalue weighted by Crippen LogP contribution is -2.13. The van der Waals surface area contributed by atoms with E-state index in [-0.39, 0.29) is 5.00 Å². The van der Waals surface area contributed by atoms with Crippen molar-refractivity contribution in [3.63, 3.8) is 0 Å². The number of rotatable bonds is 6. The molecule has 11 heteroatoms. The van der Waals surface area contributed by atoms with Crippen LogP contribution < -0.4 is 4.74 Å². The summed E-state index contributed by atoms with van der Waals surface area (Å²) < 4.78 is 6.23. The number of nitro groups is 1. The number of benzene rings is 2. The topological polar surface area (TPSA) is 115 Å². The minimum Gasteiger partial charge on any atom is -0.457 e. The molecule has 0 radical (unpaired) electrons. The van der Waals surface area contributed by atoms with Gasteiger partial charge in [-0.25, -0.2) is 4.98 Å². The molecule has 0 aliphatic carbocycles. The Morgan fingerprint density at radius 2 is 1.67 bits per heavy atom. The Morgan fingerprint density at radius 3 is 2.30 bits per heavy atom. The highest BCUT2D eigenvalue weighted by Crippen LogP contribution is 2.48. The Hall–Kier alpha value is -3.18. The lowest BCUT2D eigenvalue weighted by atomic mass is 10.1. The maximum atomic E-state index is 10.9. The molecule has 4 rings (SSSR count). The van der Waals surface area contributed by atoms with Gasteiger partial charge in [-0.05, 0) is 69.9 Å². The molecule has 0 amide bonds. The summed E-state index contributed by atoms with van der Waals surface area (Å²) in [7, 11) is 0. The molecule has 0 N–H and O–H groups in total. The third-order valence-corrected chi connectivity index (χ3v) is 5.70. The predicted molar refractivity (Wildman–Crippen MR) is 99.0 cm³/mol. The van der Waals surface area contributed by atoms with Gasteiger partial charge in [0.25, 0.3) is 4.99 Å². The minimum atomic E-state index is -1.16. The summed E-state index contributed by atoms with van der Waals surface area (Å²) >= 11 is 2.09. The van der Waals surface area contributed by atoms with Gasteiger partial charge in [0.05, 0.1) is 4.92 Å². The third-order valence-electron chi connectivity index (χ3n) is 3.49. The second-order valence-corrected chi connectivity index (χ2v) is 7.68. The Kier molecular flexibility index (Phi) is 4.60. The number of nitrogens with zero attached hydrogens (tertiary/aromatic N) is 6. The van der Waals surface area contributed by atoms with Crippen LogP contribution in [0.1, 0.15) is 5.56 Å². The van der Waals surface area contributed by atoms with Crippen LogP contribution in [0.4, 0.5) is 5.00 Å². The minimum absolute atomic E-state index is 0.0499. The lowest BCUT2D eigenvalue weighted by Gasteiger charge is -2.18. The molecule has 2 aromatic carbocycles. The number of ether oxygens (including phenoxy) is 1. The predicted octanol–water partition coefficient (Wildman–Crippen LogP) is 5.58. The molecule has 0 unspecified atom stereocenters. The standard InChI is InChI=1S/C16H10N6O3S2/c23-22(24)14-10-17-15(26-14)27-16(18-20-21-19-16)11-6-8-13(9-7-11)25-12-4-2-1-3-5-12/h1-10H. The van der Waals surface area contributed by atoms with Crippen molar-refractivity contribution >= 4 is 28.1 Å². The van der Waals surface area contributed by atoms with Crippen LogP contribution in [0.5, 0.6) is 11.5 Å². The van der Waals surface area contributed by atoms with E-state index in [2.05, 4.69) is 25.7 Å². The van der Waals surface area contributed by atoms with Crippen LogP contribution in [-0.2, 0) is 4.99 Å². The van der Waals surface area contributed by atoms with Crippen molar-refractivity contribution in [2.24, 2.45) is 20.7 Å². The van der Waals surface area contributed by atoms with E-state index in [0.717, 1.165) is 28.8 Å². The first-order valence-electron chi connectivity index (χ1n) is 7.61. The molecule has 2 heterocycles. The number of hydrogen-bond acceptors (Lipinski definition) is 10. The van der Waals surface area contributed by atoms with Gasteiger partial charge in [-0.1, -0.05) is 18.2 Å². The summed E-state index contributed by atoms with van der Waals surface area (Å²) in [6, 6.07) is 16.6. The fraction of sp³-hybridized carbons (Fsp3) is 0.0625. The fourth-order valence-electron chi connectivity index (χ4n) is 2.26. The molecule has 1 aromatic heterocycles. The summed E-state index contributed by atoms with van der Waals surface area (Å²) in [5, 5.41) is 26.3. The maximum absolute atomic E-state index is 10.9. The number of para-hydroxylation sites is 1. The van der Waals surface area contributed by atoms with Crippen LogP contribution in [-0.4, -0.2) is 9.91 Å². The van der Waals surface area contributed by atoms with Gasteiger partial charge < -0.3 is 4.74 Å². The van der Waals surface area contributed by atoms with Crippen molar-refractivity contribution in [3.8, 4) is 11.5 Å². The van der Waals surface area contributed by atoms with Crippen LogP contribution in [0, 0.1) is 10.1 Å². The average molecular weight is 398 g/mol. The van der Waals surface area contributed by atoms with Gasteiger partial charge in [0.1, 0.15) is 17.7 Å². The monoisotopic (exact) mass is 398 g/mol. The van der Waals surface area contributed by atoms with Gasteiger partial charge in [0.2, 0.25) is 0 Å². The molecule has 0 saturated carbocycles. The van der Waals surface area contributed by atoms with Crippen LogP contribution in [0.2, 0.25) is 0 Å². The Labute approximate surface area is 161 Å². The number of aromatic nitrogens is 1. The van der Waals surface area contributed by atoms with E-state index in [1.165, 1.54) is 6.20 Å². The molecule has 27 heavy (non-hydrogen) atoms. The van der Waals surface area contributed by atoms with Crippen LogP contribution in [0.3, 0.4) is 0 Å². The van der Waals surface area contributed by atoms with E-state index in [1.54, 1.807) is 24.3 Å². The fourth-order valence-corrected chi connectivity index (χ4v) is 4.26. The first kappa shape index (κ1) is 17.2. The molecule has 134 valence electrons. The molecule has 9 nitrogen and oxygen atoms in total.